The molecule has 0 bridgehead atoms. The van der Waals surface area contributed by atoms with Gasteiger partial charge in [0.05, 0.1) is 0 Å². The molecule has 0 aliphatic carbocycles. The molecule has 4 nitrogen and oxygen atoms in total. The standard InChI is InChI=1S/C15H20N4/c1-13-17-8-11-19(13)15-4-2-14(3-5-15)12-18-9-6-16-7-10-18/h2-5,8,11,16H,6-7,9-10,12H2,1H3. The SMILES string of the molecule is Cc1nccn1-c1ccc(CN2CCNCC2)cc1. The Morgan fingerprint density at radius 2 is 1.89 bits per heavy atom. The van der Waals surface area contributed by atoms with E-state index in [1.54, 1.807) is 0 Å². The summed E-state index contributed by atoms with van der Waals surface area (Å²) in [5, 5.41) is 3.38. The first-order valence-corrected chi connectivity index (χ1v) is 6.85. The molecule has 0 unspecified atom stereocenters. The largest absolute Gasteiger partial charge is 0.314 e. The average Bonchev–Trinajstić information content (AvgIpc) is 2.87. The van der Waals surface area contributed by atoms with Crippen molar-refractivity contribution in [2.24, 2.45) is 0 Å². The number of rotatable bonds is 3. The number of hydrogen-bond donors (Lipinski definition) is 1. The molecule has 1 saturated heterocycles. The van der Waals surface area contributed by atoms with Crippen LogP contribution in [0.15, 0.2) is 36.7 Å². The Morgan fingerprint density at radius 1 is 1.16 bits per heavy atom. The normalized spacial score (nSPS) is 16.7. The van der Waals surface area contributed by atoms with Crippen molar-refractivity contribution in [3.63, 3.8) is 0 Å². The summed E-state index contributed by atoms with van der Waals surface area (Å²) >= 11 is 0. The predicted molar refractivity (Wildman–Crippen MR) is 76.4 cm³/mol. The van der Waals surface area contributed by atoms with Crippen LogP contribution in [0, 0.1) is 6.92 Å². The van der Waals surface area contributed by atoms with Crippen LogP contribution in [0.3, 0.4) is 0 Å². The number of benzene rings is 1. The molecule has 3 rings (SSSR count). The number of aryl methyl sites for hydroxylation is 1. The van der Waals surface area contributed by atoms with Crippen molar-refractivity contribution >= 4 is 0 Å². The van der Waals surface area contributed by atoms with Crippen LogP contribution in [0.1, 0.15) is 11.4 Å². The fourth-order valence-corrected chi connectivity index (χ4v) is 2.54. The maximum Gasteiger partial charge on any atom is 0.110 e. The van der Waals surface area contributed by atoms with E-state index in [1.165, 1.54) is 11.3 Å². The molecular weight excluding hydrogens is 236 g/mol. The van der Waals surface area contributed by atoms with Gasteiger partial charge in [-0.3, -0.25) is 4.90 Å². The summed E-state index contributed by atoms with van der Waals surface area (Å²) in [5.74, 6) is 1.02. The van der Waals surface area contributed by atoms with Gasteiger partial charge in [0.2, 0.25) is 0 Å². The zero-order valence-corrected chi connectivity index (χ0v) is 11.3. The zero-order valence-electron chi connectivity index (χ0n) is 11.3. The smallest absolute Gasteiger partial charge is 0.110 e. The molecule has 1 aliphatic rings. The monoisotopic (exact) mass is 256 g/mol. The molecule has 0 atom stereocenters. The maximum atomic E-state index is 4.26. The number of hydrogen-bond acceptors (Lipinski definition) is 3. The van der Waals surface area contributed by atoms with Crippen molar-refractivity contribution in [2.45, 2.75) is 13.5 Å². The molecule has 2 heterocycles. The summed E-state index contributed by atoms with van der Waals surface area (Å²) in [6.45, 7) is 7.56. The molecule has 100 valence electrons. The van der Waals surface area contributed by atoms with E-state index in [0.29, 0.717) is 0 Å². The lowest BCUT2D eigenvalue weighted by Crippen LogP contribution is -2.42. The van der Waals surface area contributed by atoms with Crippen LogP contribution in [-0.4, -0.2) is 40.6 Å². The van der Waals surface area contributed by atoms with Crippen LogP contribution in [0.5, 0.6) is 0 Å². The van der Waals surface area contributed by atoms with E-state index < -0.39 is 0 Å². The lowest BCUT2D eigenvalue weighted by Gasteiger charge is -2.27. The van der Waals surface area contributed by atoms with E-state index in [9.17, 15) is 0 Å². The summed E-state index contributed by atoms with van der Waals surface area (Å²) in [4.78, 5) is 6.75. The van der Waals surface area contributed by atoms with Gasteiger partial charge in [0.15, 0.2) is 0 Å². The van der Waals surface area contributed by atoms with Crippen LogP contribution in [0.2, 0.25) is 0 Å². The van der Waals surface area contributed by atoms with Gasteiger partial charge in [0, 0.05) is 50.8 Å². The van der Waals surface area contributed by atoms with Gasteiger partial charge in [-0.25, -0.2) is 4.98 Å². The van der Waals surface area contributed by atoms with Crippen LogP contribution in [0.4, 0.5) is 0 Å². The van der Waals surface area contributed by atoms with Crippen LogP contribution in [-0.2, 0) is 6.54 Å². The molecule has 1 aliphatic heterocycles. The van der Waals surface area contributed by atoms with Gasteiger partial charge in [0.1, 0.15) is 5.82 Å². The van der Waals surface area contributed by atoms with Crippen molar-refractivity contribution in [1.82, 2.24) is 19.8 Å². The molecule has 4 heteroatoms. The fraction of sp³-hybridized carbons (Fsp3) is 0.400. The summed E-state index contributed by atoms with van der Waals surface area (Å²) in [6, 6.07) is 8.78. The number of imidazole rings is 1. The Balaban J connectivity index is 1.70. The van der Waals surface area contributed by atoms with Gasteiger partial charge >= 0.3 is 0 Å². The topological polar surface area (TPSA) is 33.1 Å². The van der Waals surface area contributed by atoms with Gasteiger partial charge in [-0.05, 0) is 24.6 Å². The van der Waals surface area contributed by atoms with Crippen LogP contribution < -0.4 is 5.32 Å². The first kappa shape index (κ1) is 12.4. The van der Waals surface area contributed by atoms with E-state index >= 15 is 0 Å². The molecule has 1 fully saturated rings. The molecule has 0 spiro atoms. The number of nitrogens with one attached hydrogen (secondary N) is 1. The van der Waals surface area contributed by atoms with Crippen LogP contribution >= 0.6 is 0 Å². The molecule has 1 N–H and O–H groups in total. The highest BCUT2D eigenvalue weighted by Gasteiger charge is 2.09. The van der Waals surface area contributed by atoms with Crippen molar-refractivity contribution < 1.29 is 0 Å². The Bertz CT molecular complexity index is 523. The molecule has 0 radical (unpaired) electrons. The molecule has 2 aromatic rings. The minimum Gasteiger partial charge on any atom is -0.314 e. The number of piperazine rings is 1. The Kier molecular flexibility index (Phi) is 3.62. The highest BCUT2D eigenvalue weighted by molar-refractivity contribution is 5.35. The predicted octanol–water partition coefficient (Wildman–Crippen LogP) is 1.59. The first-order valence-electron chi connectivity index (χ1n) is 6.85. The van der Waals surface area contributed by atoms with E-state index in [2.05, 4.69) is 44.0 Å². The Hall–Kier alpha value is -1.65. The van der Waals surface area contributed by atoms with Crippen molar-refractivity contribution in [2.75, 3.05) is 26.2 Å². The van der Waals surface area contributed by atoms with E-state index in [4.69, 9.17) is 0 Å². The van der Waals surface area contributed by atoms with E-state index in [0.717, 1.165) is 38.5 Å². The molecule has 1 aromatic carbocycles. The van der Waals surface area contributed by atoms with Gasteiger partial charge in [-0.2, -0.15) is 0 Å². The zero-order chi connectivity index (χ0) is 13.1. The van der Waals surface area contributed by atoms with Gasteiger partial charge in [0.25, 0.3) is 0 Å². The first-order chi connectivity index (χ1) is 9.33. The van der Waals surface area contributed by atoms with Gasteiger partial charge in [-0.1, -0.05) is 12.1 Å². The Morgan fingerprint density at radius 3 is 2.53 bits per heavy atom. The van der Waals surface area contributed by atoms with Gasteiger partial charge < -0.3 is 9.88 Å². The number of aromatic nitrogens is 2. The second kappa shape index (κ2) is 5.55. The lowest BCUT2D eigenvalue weighted by molar-refractivity contribution is 0.233. The average molecular weight is 256 g/mol. The lowest BCUT2D eigenvalue weighted by atomic mass is 10.2. The minimum atomic E-state index is 1.02. The second-order valence-electron chi connectivity index (χ2n) is 5.04. The third kappa shape index (κ3) is 2.85. The quantitative estimate of drug-likeness (QED) is 0.905. The van der Waals surface area contributed by atoms with Crippen molar-refractivity contribution in [3.05, 3.63) is 48.0 Å². The molecule has 0 saturated carbocycles. The third-order valence-electron chi connectivity index (χ3n) is 3.66. The second-order valence-corrected chi connectivity index (χ2v) is 5.04. The van der Waals surface area contributed by atoms with Crippen molar-refractivity contribution in [3.8, 4) is 5.69 Å². The highest BCUT2D eigenvalue weighted by atomic mass is 15.2. The van der Waals surface area contributed by atoms with Gasteiger partial charge in [-0.15, -0.1) is 0 Å². The molecule has 19 heavy (non-hydrogen) atoms. The molecule has 1 aromatic heterocycles. The molecular formula is C15H20N4. The maximum absolute atomic E-state index is 4.26. The minimum absolute atomic E-state index is 1.02. The summed E-state index contributed by atoms with van der Waals surface area (Å²) in [6.07, 6.45) is 3.84. The third-order valence-corrected chi connectivity index (χ3v) is 3.66. The summed E-state index contributed by atoms with van der Waals surface area (Å²) in [7, 11) is 0. The van der Waals surface area contributed by atoms with E-state index in [-0.39, 0.29) is 0 Å². The highest BCUT2D eigenvalue weighted by Crippen LogP contribution is 2.13. The summed E-state index contributed by atoms with van der Waals surface area (Å²) in [5.41, 5.74) is 2.56. The van der Waals surface area contributed by atoms with Crippen LogP contribution in [0.25, 0.3) is 5.69 Å². The number of nitrogens with zero attached hydrogens (tertiary/aromatic N) is 3. The Labute approximate surface area is 114 Å². The summed E-state index contributed by atoms with van der Waals surface area (Å²) < 4.78 is 2.11. The molecule has 0 amide bonds. The van der Waals surface area contributed by atoms with Crippen molar-refractivity contribution in [1.29, 1.82) is 0 Å². The van der Waals surface area contributed by atoms with E-state index in [1.807, 2.05) is 19.3 Å². The fourth-order valence-electron chi connectivity index (χ4n) is 2.54.